The van der Waals surface area contributed by atoms with Gasteiger partial charge in [-0.25, -0.2) is 4.98 Å². The third-order valence-corrected chi connectivity index (χ3v) is 7.69. The highest BCUT2D eigenvalue weighted by Crippen LogP contribution is 2.35. The number of ether oxygens (including phenoxy) is 1. The number of hydrogen-bond donors (Lipinski definition) is 1. The summed E-state index contributed by atoms with van der Waals surface area (Å²) in [6.45, 7) is 11.1. The zero-order valence-corrected chi connectivity index (χ0v) is 24.5. The fourth-order valence-electron chi connectivity index (χ4n) is 4.94. The van der Waals surface area contributed by atoms with Crippen LogP contribution >= 0.6 is 11.6 Å². The molecule has 4 rings (SSSR count). The summed E-state index contributed by atoms with van der Waals surface area (Å²) in [6, 6.07) is 18.9. The predicted molar refractivity (Wildman–Crippen MR) is 164 cm³/mol. The van der Waals surface area contributed by atoms with E-state index in [0.717, 1.165) is 40.5 Å². The van der Waals surface area contributed by atoms with Crippen LogP contribution in [0.25, 0.3) is 11.3 Å². The SMILES string of the molecule is CCC(C)(/C(=N/NC)OCc1nc(C2=CC=CC=CC2Cl)n(-c2ccc(C)cc2)c1C(C)C)c1ccccc1. The Kier molecular flexibility index (Phi) is 9.13. The van der Waals surface area contributed by atoms with E-state index in [4.69, 9.17) is 21.3 Å². The van der Waals surface area contributed by atoms with Crippen LogP contribution < -0.4 is 5.43 Å². The minimum atomic E-state index is -0.398. The number of hydrogen-bond acceptors (Lipinski definition) is 4. The van der Waals surface area contributed by atoms with E-state index in [-0.39, 0.29) is 17.9 Å². The number of nitrogens with one attached hydrogen (secondary N) is 1. The van der Waals surface area contributed by atoms with Crippen LogP contribution in [0, 0.1) is 6.92 Å². The molecule has 0 aliphatic heterocycles. The fourth-order valence-corrected chi connectivity index (χ4v) is 5.20. The zero-order valence-electron chi connectivity index (χ0n) is 23.8. The molecule has 0 amide bonds. The summed E-state index contributed by atoms with van der Waals surface area (Å²) >= 11 is 6.86. The normalized spacial score (nSPS) is 17.1. The molecular formula is C33H39ClN4O. The van der Waals surface area contributed by atoms with Crippen molar-refractivity contribution in [1.82, 2.24) is 15.0 Å². The van der Waals surface area contributed by atoms with Gasteiger partial charge in [0.1, 0.15) is 18.1 Å². The van der Waals surface area contributed by atoms with Gasteiger partial charge in [0.05, 0.1) is 16.5 Å². The molecule has 1 aliphatic carbocycles. The Labute approximate surface area is 238 Å². The van der Waals surface area contributed by atoms with Crippen LogP contribution in [0.5, 0.6) is 0 Å². The summed E-state index contributed by atoms with van der Waals surface area (Å²) in [5.41, 5.74) is 8.89. The van der Waals surface area contributed by atoms with Gasteiger partial charge in [-0.15, -0.1) is 16.7 Å². The van der Waals surface area contributed by atoms with E-state index in [1.165, 1.54) is 5.56 Å². The van der Waals surface area contributed by atoms with Crippen LogP contribution in [-0.2, 0) is 16.8 Å². The number of allylic oxidation sites excluding steroid dienone is 6. The van der Waals surface area contributed by atoms with E-state index in [1.54, 1.807) is 7.05 Å². The molecule has 0 fully saturated rings. The van der Waals surface area contributed by atoms with Gasteiger partial charge in [-0.1, -0.05) is 99.2 Å². The lowest BCUT2D eigenvalue weighted by Gasteiger charge is -2.30. The second-order valence-electron chi connectivity index (χ2n) is 10.4. The second kappa shape index (κ2) is 12.5. The van der Waals surface area contributed by atoms with Crippen molar-refractivity contribution in [2.24, 2.45) is 5.10 Å². The highest BCUT2D eigenvalue weighted by Gasteiger charge is 2.34. The molecule has 39 heavy (non-hydrogen) atoms. The van der Waals surface area contributed by atoms with E-state index >= 15 is 0 Å². The first kappa shape index (κ1) is 28.4. The van der Waals surface area contributed by atoms with E-state index in [1.807, 2.05) is 30.4 Å². The van der Waals surface area contributed by atoms with Crippen molar-refractivity contribution < 1.29 is 4.74 Å². The molecule has 0 spiro atoms. The van der Waals surface area contributed by atoms with Gasteiger partial charge in [-0.2, -0.15) is 0 Å². The third kappa shape index (κ3) is 6.04. The van der Waals surface area contributed by atoms with Crippen LogP contribution in [0.2, 0.25) is 0 Å². The molecule has 0 radical (unpaired) electrons. The molecule has 2 aromatic carbocycles. The standard InChI is InChI=1S/C33H39ClN4O/c1-7-33(5,25-14-10-8-11-15-25)32(37-35-6)39-22-29-30(23(2)3)38(26-20-18-24(4)19-21-26)31(36-29)27-16-12-9-13-17-28(27)34/h8-21,23,28,35H,7,22H2,1-6H3/b37-32-. The predicted octanol–water partition coefficient (Wildman–Crippen LogP) is 7.84. The van der Waals surface area contributed by atoms with Gasteiger partial charge in [0.2, 0.25) is 5.90 Å². The number of hydrazone groups is 1. The van der Waals surface area contributed by atoms with Gasteiger partial charge in [0.25, 0.3) is 0 Å². The molecule has 2 unspecified atom stereocenters. The van der Waals surface area contributed by atoms with Crippen molar-refractivity contribution in [3.8, 4) is 5.69 Å². The molecule has 0 saturated heterocycles. The van der Waals surface area contributed by atoms with E-state index < -0.39 is 5.41 Å². The number of benzene rings is 2. The van der Waals surface area contributed by atoms with Crippen LogP contribution in [0.4, 0.5) is 0 Å². The van der Waals surface area contributed by atoms with Crippen LogP contribution in [0.1, 0.15) is 68.4 Å². The molecule has 1 heterocycles. The Morgan fingerprint density at radius 2 is 1.82 bits per heavy atom. The highest BCUT2D eigenvalue weighted by molar-refractivity contribution is 6.27. The Balaban J connectivity index is 1.82. The molecule has 3 aromatic rings. The van der Waals surface area contributed by atoms with E-state index in [0.29, 0.717) is 5.90 Å². The first-order chi connectivity index (χ1) is 18.8. The van der Waals surface area contributed by atoms with Crippen molar-refractivity contribution >= 4 is 23.1 Å². The largest absolute Gasteiger partial charge is 0.473 e. The Bertz CT molecular complexity index is 1380. The van der Waals surface area contributed by atoms with Crippen molar-refractivity contribution in [2.75, 3.05) is 7.05 Å². The van der Waals surface area contributed by atoms with Gasteiger partial charge in [0, 0.05) is 18.3 Å². The smallest absolute Gasteiger partial charge is 0.216 e. The third-order valence-electron chi connectivity index (χ3n) is 7.31. The van der Waals surface area contributed by atoms with Crippen molar-refractivity contribution in [3.05, 3.63) is 113 Å². The van der Waals surface area contributed by atoms with Crippen molar-refractivity contribution in [1.29, 1.82) is 0 Å². The molecule has 5 nitrogen and oxygen atoms in total. The van der Waals surface area contributed by atoms with Crippen molar-refractivity contribution in [2.45, 2.75) is 64.4 Å². The monoisotopic (exact) mass is 542 g/mol. The molecule has 0 saturated carbocycles. The van der Waals surface area contributed by atoms with E-state index in [2.05, 4.69) is 104 Å². The number of alkyl halides is 1. The topological polar surface area (TPSA) is 51.4 Å². The number of halogens is 1. The molecular weight excluding hydrogens is 504 g/mol. The van der Waals surface area contributed by atoms with Gasteiger partial charge >= 0.3 is 0 Å². The fraction of sp³-hybridized carbons (Fsp3) is 0.333. The van der Waals surface area contributed by atoms with Gasteiger partial charge < -0.3 is 10.2 Å². The molecule has 6 heteroatoms. The summed E-state index contributed by atoms with van der Waals surface area (Å²) < 4.78 is 8.80. The lowest BCUT2D eigenvalue weighted by Crippen LogP contribution is -2.35. The van der Waals surface area contributed by atoms with E-state index in [9.17, 15) is 0 Å². The summed E-state index contributed by atoms with van der Waals surface area (Å²) in [5.74, 6) is 1.65. The van der Waals surface area contributed by atoms with Crippen molar-refractivity contribution in [3.63, 3.8) is 0 Å². The van der Waals surface area contributed by atoms with Gasteiger partial charge in [-0.05, 0) is 43.9 Å². The number of aryl methyl sites for hydroxylation is 1. The molecule has 1 N–H and O–H groups in total. The maximum atomic E-state index is 6.86. The average molecular weight is 543 g/mol. The number of nitrogens with zero attached hydrogens (tertiary/aromatic N) is 3. The summed E-state index contributed by atoms with van der Waals surface area (Å²) in [7, 11) is 1.80. The summed E-state index contributed by atoms with van der Waals surface area (Å²) in [6.07, 6.45) is 10.8. The quantitative estimate of drug-likeness (QED) is 0.130. The lowest BCUT2D eigenvalue weighted by atomic mass is 9.80. The minimum absolute atomic E-state index is 0.189. The average Bonchev–Trinajstić information content (AvgIpc) is 3.19. The van der Waals surface area contributed by atoms with Crippen LogP contribution in [0.15, 0.2) is 90.1 Å². The summed E-state index contributed by atoms with van der Waals surface area (Å²) in [4.78, 5) is 5.20. The Hall–Kier alpha value is -3.57. The number of aromatic nitrogens is 2. The van der Waals surface area contributed by atoms with Crippen LogP contribution in [0.3, 0.4) is 0 Å². The second-order valence-corrected chi connectivity index (χ2v) is 10.8. The number of imidazole rings is 1. The lowest BCUT2D eigenvalue weighted by molar-refractivity contribution is 0.251. The number of rotatable bonds is 9. The zero-order chi connectivity index (χ0) is 28.0. The maximum Gasteiger partial charge on any atom is 0.216 e. The Morgan fingerprint density at radius 1 is 1.10 bits per heavy atom. The molecule has 204 valence electrons. The highest BCUT2D eigenvalue weighted by atomic mass is 35.5. The summed E-state index contributed by atoms with van der Waals surface area (Å²) in [5, 5.41) is 4.30. The first-order valence-corrected chi connectivity index (χ1v) is 14.0. The Morgan fingerprint density at radius 3 is 2.46 bits per heavy atom. The molecule has 1 aliphatic rings. The molecule has 2 atom stereocenters. The van der Waals surface area contributed by atoms with Gasteiger partial charge in [0.15, 0.2) is 0 Å². The maximum absolute atomic E-state index is 6.86. The molecule has 0 bridgehead atoms. The van der Waals surface area contributed by atoms with Gasteiger partial charge in [-0.3, -0.25) is 4.57 Å². The minimum Gasteiger partial charge on any atom is -0.473 e. The first-order valence-electron chi connectivity index (χ1n) is 13.6. The molecule has 1 aromatic heterocycles. The van der Waals surface area contributed by atoms with Crippen LogP contribution in [-0.4, -0.2) is 27.9 Å².